The molecule has 2 aromatic heterocycles. The van der Waals surface area contributed by atoms with Gasteiger partial charge in [0, 0.05) is 55.0 Å². The summed E-state index contributed by atoms with van der Waals surface area (Å²) in [6.07, 6.45) is 6.07. The summed E-state index contributed by atoms with van der Waals surface area (Å²) in [4.78, 5) is 15.2. The Morgan fingerprint density at radius 3 is 2.61 bits per heavy atom. The first kappa shape index (κ1) is 20.8. The lowest BCUT2D eigenvalue weighted by Gasteiger charge is -2.27. The van der Waals surface area contributed by atoms with E-state index in [0.29, 0.717) is 41.8 Å². The highest BCUT2D eigenvalue weighted by molar-refractivity contribution is 5.89. The van der Waals surface area contributed by atoms with Gasteiger partial charge in [-0.1, -0.05) is 0 Å². The molecular formula is C23H23FN8O. The second-order valence-corrected chi connectivity index (χ2v) is 7.76. The highest BCUT2D eigenvalue weighted by Gasteiger charge is 2.17. The smallest absolute Gasteiger partial charge is 0.147 e. The van der Waals surface area contributed by atoms with E-state index in [0.717, 1.165) is 35.7 Å². The molecule has 0 amide bonds. The number of benzene rings is 1. The maximum atomic E-state index is 14.9. The van der Waals surface area contributed by atoms with E-state index in [1.807, 2.05) is 25.3 Å². The van der Waals surface area contributed by atoms with Gasteiger partial charge >= 0.3 is 0 Å². The molecule has 2 aliphatic heterocycles. The summed E-state index contributed by atoms with van der Waals surface area (Å²) in [7, 11) is 0. The highest BCUT2D eigenvalue weighted by Crippen LogP contribution is 2.31. The van der Waals surface area contributed by atoms with E-state index >= 15 is 0 Å². The fourth-order valence-corrected chi connectivity index (χ4v) is 3.66. The maximum Gasteiger partial charge on any atom is 0.147 e. The summed E-state index contributed by atoms with van der Waals surface area (Å²) in [5.41, 5.74) is 3.93. The van der Waals surface area contributed by atoms with Crippen LogP contribution in [-0.2, 0) is 4.74 Å². The second kappa shape index (κ2) is 8.83. The minimum Gasteiger partial charge on any atom is -0.378 e. The molecule has 0 bridgehead atoms. The molecule has 0 saturated carbocycles. The Kier molecular flexibility index (Phi) is 5.57. The van der Waals surface area contributed by atoms with E-state index in [2.05, 4.69) is 35.8 Å². The van der Waals surface area contributed by atoms with Crippen molar-refractivity contribution in [1.82, 2.24) is 20.3 Å². The van der Waals surface area contributed by atoms with Crippen LogP contribution in [-0.4, -0.2) is 47.5 Å². The Morgan fingerprint density at radius 1 is 1.09 bits per heavy atom. The first-order valence-corrected chi connectivity index (χ1v) is 10.6. The summed E-state index contributed by atoms with van der Waals surface area (Å²) in [5.74, 6) is 1.54. The van der Waals surface area contributed by atoms with Crippen molar-refractivity contribution in [3.63, 3.8) is 0 Å². The molecule has 3 aromatic rings. The molecule has 0 atom stereocenters. The van der Waals surface area contributed by atoms with Crippen LogP contribution in [0.5, 0.6) is 0 Å². The van der Waals surface area contributed by atoms with Crippen LogP contribution in [0.25, 0.3) is 5.70 Å². The molecule has 0 spiro atoms. The largest absolute Gasteiger partial charge is 0.378 e. The van der Waals surface area contributed by atoms with E-state index in [1.54, 1.807) is 12.3 Å². The SMILES string of the molecule is Cc1cc(C2=CN2)cc(F)c1Nc1cc(Nc2cc(N3CCOCC3)ncn2)ncc1C=N. The molecule has 4 N–H and O–H groups in total. The number of aromatic nitrogens is 3. The van der Waals surface area contributed by atoms with Crippen LogP contribution in [0, 0.1) is 18.2 Å². The summed E-state index contributed by atoms with van der Waals surface area (Å²) >= 11 is 0. The Hall–Kier alpha value is -4.05. The predicted molar refractivity (Wildman–Crippen MR) is 126 cm³/mol. The third-order valence-electron chi connectivity index (χ3n) is 5.48. The highest BCUT2D eigenvalue weighted by atomic mass is 19.1. The average Bonchev–Trinajstić information content (AvgIpc) is 3.68. The van der Waals surface area contributed by atoms with Gasteiger partial charge < -0.3 is 31.0 Å². The Morgan fingerprint density at radius 2 is 1.88 bits per heavy atom. The number of anilines is 5. The van der Waals surface area contributed by atoms with Crippen molar-refractivity contribution in [2.45, 2.75) is 6.92 Å². The molecule has 2 aliphatic rings. The van der Waals surface area contributed by atoms with Crippen molar-refractivity contribution in [2.75, 3.05) is 41.8 Å². The number of hydrogen-bond donors (Lipinski definition) is 4. The van der Waals surface area contributed by atoms with Gasteiger partial charge in [-0.3, -0.25) is 0 Å². The van der Waals surface area contributed by atoms with Gasteiger partial charge in [0.2, 0.25) is 0 Å². The van der Waals surface area contributed by atoms with Gasteiger partial charge in [0.1, 0.15) is 29.6 Å². The maximum absolute atomic E-state index is 14.9. The summed E-state index contributed by atoms with van der Waals surface area (Å²) < 4.78 is 20.3. The number of halogens is 1. The lowest BCUT2D eigenvalue weighted by atomic mass is 10.1. The Labute approximate surface area is 190 Å². The summed E-state index contributed by atoms with van der Waals surface area (Å²) in [6, 6.07) is 6.98. The molecule has 0 aliphatic carbocycles. The van der Waals surface area contributed by atoms with Crippen LogP contribution in [0.1, 0.15) is 16.7 Å². The van der Waals surface area contributed by atoms with E-state index in [1.165, 1.54) is 18.6 Å². The summed E-state index contributed by atoms with van der Waals surface area (Å²) in [6.45, 7) is 4.72. The minimum atomic E-state index is -0.368. The van der Waals surface area contributed by atoms with Crippen molar-refractivity contribution in [3.05, 3.63) is 65.5 Å². The van der Waals surface area contributed by atoms with E-state index in [-0.39, 0.29) is 5.82 Å². The van der Waals surface area contributed by atoms with Crippen molar-refractivity contribution in [2.24, 2.45) is 0 Å². The van der Waals surface area contributed by atoms with Gasteiger partial charge in [-0.05, 0) is 24.6 Å². The number of nitrogens with zero attached hydrogens (tertiary/aromatic N) is 4. The van der Waals surface area contributed by atoms with E-state index < -0.39 is 0 Å². The molecule has 10 heteroatoms. The Balaban J connectivity index is 1.39. The second-order valence-electron chi connectivity index (χ2n) is 7.76. The molecule has 1 aromatic carbocycles. The lowest BCUT2D eigenvalue weighted by molar-refractivity contribution is 0.122. The normalized spacial score (nSPS) is 14.8. The third kappa shape index (κ3) is 4.60. The molecule has 168 valence electrons. The monoisotopic (exact) mass is 446 g/mol. The number of ether oxygens (including phenoxy) is 1. The van der Waals surface area contributed by atoms with Gasteiger partial charge in [-0.15, -0.1) is 0 Å². The van der Waals surface area contributed by atoms with Gasteiger partial charge in [0.25, 0.3) is 0 Å². The molecule has 5 rings (SSSR count). The van der Waals surface area contributed by atoms with Gasteiger partial charge in [0.15, 0.2) is 0 Å². The zero-order valence-corrected chi connectivity index (χ0v) is 18.0. The topological polar surface area (TPSA) is 121 Å². The number of aryl methyl sites for hydroxylation is 1. The average molecular weight is 446 g/mol. The van der Waals surface area contributed by atoms with E-state index in [9.17, 15) is 4.39 Å². The minimum absolute atomic E-state index is 0.358. The van der Waals surface area contributed by atoms with E-state index in [4.69, 9.17) is 10.1 Å². The molecule has 1 fully saturated rings. The molecule has 0 unspecified atom stereocenters. The van der Waals surface area contributed by atoms with Crippen LogP contribution >= 0.6 is 0 Å². The first-order chi connectivity index (χ1) is 16.1. The summed E-state index contributed by atoms with van der Waals surface area (Å²) in [5, 5.41) is 17.0. The van der Waals surface area contributed by atoms with Crippen molar-refractivity contribution in [3.8, 4) is 0 Å². The van der Waals surface area contributed by atoms with Crippen LogP contribution in [0.4, 0.5) is 33.2 Å². The first-order valence-electron chi connectivity index (χ1n) is 10.6. The third-order valence-corrected chi connectivity index (χ3v) is 5.48. The quantitative estimate of drug-likeness (QED) is 0.407. The van der Waals surface area contributed by atoms with Gasteiger partial charge in [0.05, 0.1) is 30.3 Å². The van der Waals surface area contributed by atoms with Gasteiger partial charge in [-0.25, -0.2) is 19.3 Å². The zero-order chi connectivity index (χ0) is 22.8. The molecular weight excluding hydrogens is 423 g/mol. The molecule has 33 heavy (non-hydrogen) atoms. The fourth-order valence-electron chi connectivity index (χ4n) is 3.66. The van der Waals surface area contributed by atoms with Crippen molar-refractivity contribution in [1.29, 1.82) is 5.41 Å². The van der Waals surface area contributed by atoms with Crippen LogP contribution < -0.4 is 20.9 Å². The number of pyridine rings is 1. The van der Waals surface area contributed by atoms with Crippen molar-refractivity contribution >= 4 is 40.7 Å². The standard InChI is InChI=1S/C23H23FN8O/c1-14-6-15(19-12-26-19)7-17(24)23(14)30-18-8-20(27-11-16(18)10-25)31-21-9-22(29-13-28-21)32-2-4-33-5-3-32/h6-13,25-26H,2-5H2,1H3,(H2,27,28,29,30,31). The lowest BCUT2D eigenvalue weighted by Crippen LogP contribution is -2.36. The van der Waals surface area contributed by atoms with Crippen LogP contribution in [0.2, 0.25) is 0 Å². The molecule has 1 saturated heterocycles. The molecule has 4 heterocycles. The molecule has 0 radical (unpaired) electrons. The van der Waals surface area contributed by atoms with Crippen LogP contribution in [0.15, 0.2) is 43.0 Å². The van der Waals surface area contributed by atoms with Crippen molar-refractivity contribution < 1.29 is 9.13 Å². The number of rotatable bonds is 7. The zero-order valence-electron chi connectivity index (χ0n) is 18.0. The van der Waals surface area contributed by atoms with Gasteiger partial charge in [-0.2, -0.15) is 0 Å². The Bertz CT molecular complexity index is 1220. The number of nitrogens with one attached hydrogen (secondary N) is 4. The fraction of sp³-hybridized carbons (Fsp3) is 0.217. The number of hydrogen-bond acceptors (Lipinski definition) is 9. The van der Waals surface area contributed by atoms with Crippen LogP contribution in [0.3, 0.4) is 0 Å². The predicted octanol–water partition coefficient (Wildman–Crippen LogP) is 3.54. The molecule has 9 nitrogen and oxygen atoms in total. The number of morpholine rings is 1.